The molecule has 1 unspecified atom stereocenters. The van der Waals surface area contributed by atoms with E-state index in [1.165, 1.54) is 4.90 Å². The Morgan fingerprint density at radius 2 is 1.88 bits per heavy atom. The van der Waals surface area contributed by atoms with Crippen LogP contribution in [-0.2, 0) is 15.0 Å². The number of anilines is 1. The molecule has 3 aromatic rings. The van der Waals surface area contributed by atoms with Crippen LogP contribution >= 0.6 is 0 Å². The van der Waals surface area contributed by atoms with E-state index in [0.29, 0.717) is 11.2 Å². The fraction of sp³-hybridized carbons (Fsp3) is 0.235. The zero-order valence-electron chi connectivity index (χ0n) is 13.1. The van der Waals surface area contributed by atoms with Gasteiger partial charge in [-0.05, 0) is 24.3 Å². The zero-order chi connectivity index (χ0) is 17.6. The van der Waals surface area contributed by atoms with Gasteiger partial charge in [0.1, 0.15) is 0 Å². The third-order valence-electron chi connectivity index (χ3n) is 4.37. The van der Waals surface area contributed by atoms with Crippen molar-refractivity contribution in [1.82, 2.24) is 9.97 Å². The number of hydrogen-bond donors (Lipinski definition) is 0. The average molecular weight is 359 g/mol. The van der Waals surface area contributed by atoms with E-state index in [1.54, 1.807) is 24.5 Å². The molecule has 1 aliphatic rings. The molecule has 4 rings (SSSR count). The van der Waals surface area contributed by atoms with Crippen LogP contribution in [0.5, 0.6) is 0 Å². The van der Waals surface area contributed by atoms with E-state index in [2.05, 4.69) is 9.97 Å². The van der Waals surface area contributed by atoms with E-state index in [1.807, 2.05) is 18.2 Å². The minimum atomic E-state index is -4.61. The summed E-state index contributed by atoms with van der Waals surface area (Å²) in [5.74, 6) is -1.42. The molecule has 1 aliphatic heterocycles. The molecule has 1 amide bonds. The van der Waals surface area contributed by atoms with Crippen molar-refractivity contribution in [3.8, 4) is 0 Å². The zero-order valence-corrected chi connectivity index (χ0v) is 13.9. The maximum atomic E-state index is 13.0. The van der Waals surface area contributed by atoms with Crippen LogP contribution in [0.3, 0.4) is 0 Å². The molecule has 1 saturated heterocycles. The second kappa shape index (κ2) is 5.73. The predicted octanol–water partition coefficient (Wildman–Crippen LogP) is 2.44. The lowest BCUT2D eigenvalue weighted by Gasteiger charge is -2.19. The summed E-state index contributed by atoms with van der Waals surface area (Å²) in [6.07, 6.45) is 3.35. The summed E-state index contributed by atoms with van der Waals surface area (Å²) < 4.78 is 34.8. The minimum absolute atomic E-state index is 0.00990. The average Bonchev–Trinajstić information content (AvgIpc) is 2.92. The van der Waals surface area contributed by atoms with Crippen LogP contribution in [0.4, 0.5) is 9.57 Å². The molecule has 1 atom stereocenters. The lowest BCUT2D eigenvalue weighted by atomic mass is 10.1. The van der Waals surface area contributed by atoms with Gasteiger partial charge in [-0.25, -0.2) is 0 Å². The van der Waals surface area contributed by atoms with Crippen molar-refractivity contribution < 1.29 is 17.1 Å². The highest BCUT2D eigenvalue weighted by Crippen LogP contribution is 2.35. The fourth-order valence-electron chi connectivity index (χ4n) is 3.39. The second-order valence-electron chi connectivity index (χ2n) is 6.15. The highest BCUT2D eigenvalue weighted by molar-refractivity contribution is 7.86. The first kappa shape index (κ1) is 15.9. The van der Waals surface area contributed by atoms with Crippen molar-refractivity contribution in [3.05, 3.63) is 42.7 Å². The number of halogens is 1. The standard InChI is InChI=1S/C17H14FN3O3S/c18-25(23,24)10-11-7-15(22)21(9-11)14-8-12-3-1-5-19-16(12)17-13(14)4-2-6-20-17/h1-6,8,11H,7,9-10H2. The number of carbonyl (C=O) groups is 1. The third-order valence-corrected chi connectivity index (χ3v) is 5.24. The van der Waals surface area contributed by atoms with Gasteiger partial charge in [-0.15, -0.1) is 3.89 Å². The fourth-order valence-corrected chi connectivity index (χ4v) is 4.18. The molecular formula is C17H14FN3O3S. The molecule has 0 saturated carbocycles. The first-order valence-corrected chi connectivity index (χ1v) is 9.33. The van der Waals surface area contributed by atoms with Gasteiger partial charge in [-0.1, -0.05) is 6.07 Å². The summed E-state index contributed by atoms with van der Waals surface area (Å²) in [6, 6.07) is 9.13. The topological polar surface area (TPSA) is 80.2 Å². The van der Waals surface area contributed by atoms with Crippen molar-refractivity contribution in [2.45, 2.75) is 6.42 Å². The second-order valence-corrected chi connectivity index (χ2v) is 7.56. The number of benzene rings is 1. The Hall–Kier alpha value is -2.61. The molecule has 0 N–H and O–H groups in total. The van der Waals surface area contributed by atoms with Gasteiger partial charge in [0.15, 0.2) is 0 Å². The Labute approximate surface area is 143 Å². The van der Waals surface area contributed by atoms with Gasteiger partial charge >= 0.3 is 10.2 Å². The van der Waals surface area contributed by atoms with Crippen molar-refractivity contribution in [1.29, 1.82) is 0 Å². The summed E-state index contributed by atoms with van der Waals surface area (Å²) in [6.45, 7) is 0.164. The quantitative estimate of drug-likeness (QED) is 0.530. The summed E-state index contributed by atoms with van der Waals surface area (Å²) in [7, 11) is -4.61. The molecule has 8 heteroatoms. The third kappa shape index (κ3) is 2.93. The van der Waals surface area contributed by atoms with Crippen LogP contribution < -0.4 is 4.90 Å². The molecule has 1 fully saturated rings. The molecule has 3 heterocycles. The van der Waals surface area contributed by atoms with Crippen molar-refractivity contribution >= 4 is 43.6 Å². The molecular weight excluding hydrogens is 345 g/mol. The van der Waals surface area contributed by atoms with E-state index in [0.717, 1.165) is 16.3 Å². The number of amides is 1. The molecule has 25 heavy (non-hydrogen) atoms. The first-order valence-electron chi connectivity index (χ1n) is 7.77. The normalized spacial score (nSPS) is 18.4. The van der Waals surface area contributed by atoms with Crippen LogP contribution in [0.2, 0.25) is 0 Å². The van der Waals surface area contributed by atoms with E-state index in [9.17, 15) is 17.1 Å². The van der Waals surface area contributed by atoms with Crippen LogP contribution in [0.15, 0.2) is 42.7 Å². The molecule has 1 aromatic carbocycles. The predicted molar refractivity (Wildman–Crippen MR) is 92.4 cm³/mol. The molecule has 128 valence electrons. The van der Waals surface area contributed by atoms with E-state index in [4.69, 9.17) is 0 Å². The monoisotopic (exact) mass is 359 g/mol. The lowest BCUT2D eigenvalue weighted by Crippen LogP contribution is -2.25. The summed E-state index contributed by atoms with van der Waals surface area (Å²) in [5, 5.41) is 1.59. The highest BCUT2D eigenvalue weighted by Gasteiger charge is 2.34. The van der Waals surface area contributed by atoms with E-state index >= 15 is 0 Å². The van der Waals surface area contributed by atoms with Crippen molar-refractivity contribution in [3.63, 3.8) is 0 Å². The smallest absolute Gasteiger partial charge is 0.302 e. The number of fused-ring (bicyclic) bond motifs is 3. The van der Waals surface area contributed by atoms with Crippen molar-refractivity contribution in [2.24, 2.45) is 5.92 Å². The maximum Gasteiger partial charge on any atom is 0.302 e. The first-order chi connectivity index (χ1) is 11.9. The Bertz CT molecular complexity index is 1100. The van der Waals surface area contributed by atoms with Gasteiger partial charge in [0, 0.05) is 42.0 Å². The van der Waals surface area contributed by atoms with Gasteiger partial charge in [0.25, 0.3) is 0 Å². The Morgan fingerprint density at radius 3 is 2.64 bits per heavy atom. The highest BCUT2D eigenvalue weighted by atomic mass is 32.3. The molecule has 6 nitrogen and oxygen atoms in total. The molecule has 0 radical (unpaired) electrons. The van der Waals surface area contributed by atoms with Crippen molar-refractivity contribution in [2.75, 3.05) is 17.2 Å². The van der Waals surface area contributed by atoms with Crippen LogP contribution in [-0.4, -0.2) is 36.6 Å². The number of hydrogen-bond acceptors (Lipinski definition) is 5. The minimum Gasteiger partial charge on any atom is -0.311 e. The summed E-state index contributed by atoms with van der Waals surface area (Å²) in [4.78, 5) is 22.7. The SMILES string of the molecule is O=C1CC(CS(=O)(=O)F)CN1c1cc2cccnc2c2ncccc12. The summed E-state index contributed by atoms with van der Waals surface area (Å²) in [5.41, 5.74) is 2.05. The maximum absolute atomic E-state index is 13.0. The van der Waals surface area contributed by atoms with Gasteiger partial charge in [-0.2, -0.15) is 8.42 Å². The molecule has 0 bridgehead atoms. The van der Waals surface area contributed by atoms with E-state index < -0.39 is 21.9 Å². The molecule has 0 aliphatic carbocycles. The molecule has 0 spiro atoms. The summed E-state index contributed by atoms with van der Waals surface area (Å²) >= 11 is 0. The van der Waals surface area contributed by atoms with Gasteiger partial charge in [-0.3, -0.25) is 14.8 Å². The number of pyridine rings is 2. The van der Waals surface area contributed by atoms with Gasteiger partial charge in [0.2, 0.25) is 5.91 Å². The number of aromatic nitrogens is 2. The Morgan fingerprint density at radius 1 is 1.16 bits per heavy atom. The number of carbonyl (C=O) groups excluding carboxylic acids is 1. The van der Waals surface area contributed by atoms with Crippen LogP contribution in [0.25, 0.3) is 21.8 Å². The number of nitrogens with zero attached hydrogens (tertiary/aromatic N) is 3. The number of rotatable bonds is 3. The Kier molecular flexibility index (Phi) is 3.64. The van der Waals surface area contributed by atoms with Gasteiger partial charge < -0.3 is 4.90 Å². The largest absolute Gasteiger partial charge is 0.311 e. The molecule has 2 aromatic heterocycles. The van der Waals surface area contributed by atoms with E-state index in [-0.39, 0.29) is 18.9 Å². The van der Waals surface area contributed by atoms with Crippen LogP contribution in [0, 0.1) is 5.92 Å². The lowest BCUT2D eigenvalue weighted by molar-refractivity contribution is -0.117. The van der Waals surface area contributed by atoms with Gasteiger partial charge in [0.05, 0.1) is 22.5 Å². The van der Waals surface area contributed by atoms with Crippen LogP contribution in [0.1, 0.15) is 6.42 Å². The Balaban J connectivity index is 1.84.